The fourth-order valence-electron chi connectivity index (χ4n) is 3.56. The lowest BCUT2D eigenvalue weighted by Gasteiger charge is -2.17. The van der Waals surface area contributed by atoms with Crippen molar-refractivity contribution in [1.82, 2.24) is 19.9 Å². The second-order valence-corrected chi connectivity index (χ2v) is 8.53. The van der Waals surface area contributed by atoms with Crippen molar-refractivity contribution in [2.24, 2.45) is 0 Å². The van der Waals surface area contributed by atoms with Crippen LogP contribution >= 0.6 is 34.2 Å². The number of hydrogen-bond acceptors (Lipinski definition) is 8. The number of aliphatic hydroxyl groups excluding tert-OH is 1. The number of fused-ring (bicyclic) bond motifs is 1. The van der Waals surface area contributed by atoms with E-state index in [2.05, 4.69) is 48.1 Å². The van der Waals surface area contributed by atoms with Gasteiger partial charge in [0.1, 0.15) is 17.9 Å². The van der Waals surface area contributed by atoms with E-state index >= 15 is 0 Å². The Morgan fingerprint density at radius 1 is 1.31 bits per heavy atom. The van der Waals surface area contributed by atoms with E-state index in [1.165, 1.54) is 0 Å². The van der Waals surface area contributed by atoms with E-state index < -0.39 is 6.23 Å². The second kappa shape index (κ2) is 10.2. The Morgan fingerprint density at radius 3 is 2.81 bits per heavy atom. The molecule has 3 aromatic rings. The average molecular weight is 571 g/mol. The van der Waals surface area contributed by atoms with Gasteiger partial charge in [-0.2, -0.15) is 4.98 Å². The van der Waals surface area contributed by atoms with Gasteiger partial charge in [0.2, 0.25) is 5.95 Å². The highest BCUT2D eigenvalue weighted by atomic mass is 127. The van der Waals surface area contributed by atoms with Crippen LogP contribution in [-0.4, -0.2) is 52.6 Å². The summed E-state index contributed by atoms with van der Waals surface area (Å²) in [6.07, 6.45) is 3.01. The van der Waals surface area contributed by atoms with E-state index in [4.69, 9.17) is 16.3 Å². The smallest absolute Gasteiger partial charge is 0.294 e. The summed E-state index contributed by atoms with van der Waals surface area (Å²) in [6, 6.07) is 7.35. The molecule has 0 spiro atoms. The summed E-state index contributed by atoms with van der Waals surface area (Å²) in [4.78, 5) is 23.9. The molecule has 1 atom stereocenters. The fraction of sp³-hybridized carbons (Fsp3) is 0.381. The van der Waals surface area contributed by atoms with Gasteiger partial charge in [-0.15, -0.1) is 0 Å². The molecule has 3 heterocycles. The molecular weight excluding hydrogens is 547 g/mol. The maximum atomic E-state index is 12.8. The van der Waals surface area contributed by atoms with Crippen molar-refractivity contribution in [3.8, 4) is 5.75 Å². The minimum absolute atomic E-state index is 0.0355. The van der Waals surface area contributed by atoms with Crippen LogP contribution in [0, 0.1) is 0 Å². The van der Waals surface area contributed by atoms with Crippen LogP contribution in [0.25, 0.3) is 10.9 Å². The number of aromatic nitrogens is 3. The monoisotopic (exact) mass is 570 g/mol. The Bertz CT molecular complexity index is 1170. The van der Waals surface area contributed by atoms with Crippen LogP contribution in [0.15, 0.2) is 35.3 Å². The van der Waals surface area contributed by atoms with Gasteiger partial charge in [-0.05, 0) is 44.2 Å². The van der Waals surface area contributed by atoms with Gasteiger partial charge >= 0.3 is 0 Å². The SMILES string of the molecule is CNC(O)COc1cc2cc(Nc3nc(N4CCCC4)ncc3Cl)ccc2n(CI)c1=O. The van der Waals surface area contributed by atoms with Crippen molar-refractivity contribution in [3.05, 3.63) is 45.8 Å². The molecule has 1 aliphatic rings. The predicted molar refractivity (Wildman–Crippen MR) is 135 cm³/mol. The summed E-state index contributed by atoms with van der Waals surface area (Å²) >= 11 is 8.48. The molecule has 170 valence electrons. The number of hydrogen-bond donors (Lipinski definition) is 3. The van der Waals surface area contributed by atoms with Crippen molar-refractivity contribution >= 4 is 62.5 Å². The number of likely N-dealkylation sites (N-methyl/N-ethyl adjacent to an activating group) is 1. The number of rotatable bonds is 8. The highest BCUT2D eigenvalue weighted by Crippen LogP contribution is 2.28. The summed E-state index contributed by atoms with van der Waals surface area (Å²) in [5.41, 5.74) is 1.30. The number of nitrogens with zero attached hydrogens (tertiary/aromatic N) is 4. The third-order valence-electron chi connectivity index (χ3n) is 5.29. The topological polar surface area (TPSA) is 105 Å². The maximum Gasteiger partial charge on any atom is 0.294 e. The van der Waals surface area contributed by atoms with Gasteiger partial charge in [0, 0.05) is 24.2 Å². The number of halogens is 2. The third-order valence-corrected chi connectivity index (χ3v) is 6.25. The summed E-state index contributed by atoms with van der Waals surface area (Å²) < 4.78 is 7.66. The summed E-state index contributed by atoms with van der Waals surface area (Å²) in [6.45, 7) is 1.85. The first-order chi connectivity index (χ1) is 15.5. The van der Waals surface area contributed by atoms with E-state index in [0.717, 1.165) is 42.5 Å². The largest absolute Gasteiger partial charge is 0.484 e. The number of nitrogens with one attached hydrogen (secondary N) is 2. The van der Waals surface area contributed by atoms with E-state index in [1.54, 1.807) is 23.9 Å². The van der Waals surface area contributed by atoms with Crippen LogP contribution in [-0.2, 0) is 4.55 Å². The highest BCUT2D eigenvalue weighted by Gasteiger charge is 2.17. The van der Waals surface area contributed by atoms with Crippen LogP contribution in [0.4, 0.5) is 17.5 Å². The van der Waals surface area contributed by atoms with Gasteiger partial charge < -0.3 is 20.1 Å². The number of pyridine rings is 1. The van der Waals surface area contributed by atoms with Crippen molar-refractivity contribution in [2.45, 2.75) is 23.6 Å². The molecule has 1 fully saturated rings. The first-order valence-corrected chi connectivity index (χ1v) is 12.2. The van der Waals surface area contributed by atoms with Crippen molar-refractivity contribution in [1.29, 1.82) is 0 Å². The molecule has 1 unspecified atom stereocenters. The minimum Gasteiger partial charge on any atom is -0.484 e. The van der Waals surface area contributed by atoms with E-state index in [-0.39, 0.29) is 17.9 Å². The van der Waals surface area contributed by atoms with Gasteiger partial charge in [0.25, 0.3) is 5.56 Å². The number of benzene rings is 1. The van der Waals surface area contributed by atoms with Gasteiger partial charge in [-0.3, -0.25) is 14.7 Å². The Hall–Kier alpha value is -2.15. The van der Waals surface area contributed by atoms with Gasteiger partial charge in [0.15, 0.2) is 11.6 Å². The van der Waals surface area contributed by atoms with Gasteiger partial charge in [-0.25, -0.2) is 4.98 Å². The molecule has 1 aliphatic heterocycles. The molecule has 0 radical (unpaired) electrons. The molecule has 0 bridgehead atoms. The summed E-state index contributed by atoms with van der Waals surface area (Å²) in [5, 5.41) is 16.9. The standard InChI is InChI=1S/C21H24ClIN6O3/c1-24-18(30)11-32-17-9-13-8-14(4-5-16(13)29(12-23)20(17)31)26-19-15(22)10-25-21(27-19)28-6-2-3-7-28/h4-5,8-10,18,24,30H,2-3,6-7,11-12H2,1H3,(H,25,26,27). The minimum atomic E-state index is -0.865. The number of aliphatic hydroxyl groups is 1. The zero-order valence-electron chi connectivity index (χ0n) is 17.5. The zero-order chi connectivity index (χ0) is 22.7. The molecule has 1 saturated heterocycles. The van der Waals surface area contributed by atoms with Gasteiger partial charge in [0.05, 0.1) is 16.3 Å². The maximum absolute atomic E-state index is 12.8. The van der Waals surface area contributed by atoms with E-state index in [9.17, 15) is 9.90 Å². The Balaban J connectivity index is 1.66. The molecule has 32 heavy (non-hydrogen) atoms. The molecular formula is C21H24ClIN6O3. The molecule has 0 amide bonds. The number of anilines is 3. The lowest BCUT2D eigenvalue weighted by molar-refractivity contribution is 0.0851. The molecule has 1 aromatic carbocycles. The lowest BCUT2D eigenvalue weighted by atomic mass is 10.2. The average Bonchev–Trinajstić information content (AvgIpc) is 3.34. The normalized spacial score (nSPS) is 14.7. The quantitative estimate of drug-likeness (QED) is 0.216. The molecule has 9 nitrogen and oxygen atoms in total. The number of alkyl halides is 1. The lowest BCUT2D eigenvalue weighted by Crippen LogP contribution is -2.32. The van der Waals surface area contributed by atoms with Crippen molar-refractivity contribution in [3.63, 3.8) is 0 Å². The Labute approximate surface area is 203 Å². The number of ether oxygens (including phenoxy) is 1. The summed E-state index contributed by atoms with van der Waals surface area (Å²) in [7, 11) is 1.61. The Morgan fingerprint density at radius 2 is 2.09 bits per heavy atom. The molecule has 4 rings (SSSR count). The Kier molecular flexibility index (Phi) is 7.33. The van der Waals surface area contributed by atoms with Crippen molar-refractivity contribution < 1.29 is 9.84 Å². The van der Waals surface area contributed by atoms with Crippen LogP contribution < -0.4 is 25.8 Å². The van der Waals surface area contributed by atoms with Gasteiger partial charge in [-0.1, -0.05) is 34.2 Å². The van der Waals surface area contributed by atoms with Crippen LogP contribution in [0.3, 0.4) is 0 Å². The molecule has 11 heteroatoms. The van der Waals surface area contributed by atoms with Crippen LogP contribution in [0.5, 0.6) is 5.75 Å². The van der Waals surface area contributed by atoms with E-state index in [1.807, 2.05) is 18.2 Å². The highest BCUT2D eigenvalue weighted by molar-refractivity contribution is 14.1. The molecule has 0 saturated carbocycles. The third kappa shape index (κ3) is 4.92. The zero-order valence-corrected chi connectivity index (χ0v) is 20.4. The molecule has 0 aliphatic carbocycles. The van der Waals surface area contributed by atoms with Crippen LogP contribution in [0.2, 0.25) is 5.02 Å². The van der Waals surface area contributed by atoms with E-state index in [0.29, 0.717) is 21.3 Å². The molecule has 2 aromatic heterocycles. The predicted octanol–water partition coefficient (Wildman–Crippen LogP) is 3.10. The second-order valence-electron chi connectivity index (χ2n) is 7.44. The van der Waals surface area contributed by atoms with Crippen molar-refractivity contribution in [2.75, 3.05) is 37.0 Å². The fourth-order valence-corrected chi connectivity index (χ4v) is 4.38. The first kappa shape index (κ1) is 23.0. The molecule has 3 N–H and O–H groups in total. The summed E-state index contributed by atoms with van der Waals surface area (Å²) in [5.74, 6) is 1.36. The van der Waals surface area contributed by atoms with Crippen LogP contribution in [0.1, 0.15) is 12.8 Å². The first-order valence-electron chi connectivity index (χ1n) is 10.3.